The summed E-state index contributed by atoms with van der Waals surface area (Å²) in [5.41, 5.74) is 9.37. The Morgan fingerprint density at radius 2 is 1.61 bits per heavy atom. The minimum absolute atomic E-state index is 0.254. The van der Waals surface area contributed by atoms with Gasteiger partial charge < -0.3 is 5.73 Å². The van der Waals surface area contributed by atoms with E-state index in [-0.39, 0.29) is 5.91 Å². The van der Waals surface area contributed by atoms with Crippen LogP contribution in [0.5, 0.6) is 0 Å². The molecule has 150 valence electrons. The van der Waals surface area contributed by atoms with Gasteiger partial charge in [0.25, 0.3) is 0 Å². The predicted molar refractivity (Wildman–Crippen MR) is 112 cm³/mol. The van der Waals surface area contributed by atoms with Crippen molar-refractivity contribution >= 4 is 15.9 Å². The Morgan fingerprint density at radius 1 is 1.00 bits per heavy atom. The van der Waals surface area contributed by atoms with Gasteiger partial charge in [0.1, 0.15) is 0 Å². The maximum atomic E-state index is 12.6. The first-order valence-electron chi connectivity index (χ1n) is 9.76. The number of benzene rings is 2. The highest BCUT2D eigenvalue weighted by Gasteiger charge is 2.41. The molecule has 0 atom stereocenters. The summed E-state index contributed by atoms with van der Waals surface area (Å²) in [4.78, 5) is 12.6. The number of hydrogen-bond donors (Lipinski definition) is 2. The van der Waals surface area contributed by atoms with Crippen LogP contribution in [-0.4, -0.2) is 27.1 Å². The Labute approximate surface area is 167 Å². The van der Waals surface area contributed by atoms with Crippen molar-refractivity contribution in [2.75, 3.05) is 12.8 Å². The predicted octanol–water partition coefficient (Wildman–Crippen LogP) is 3.13. The van der Waals surface area contributed by atoms with Crippen LogP contribution in [0.3, 0.4) is 0 Å². The van der Waals surface area contributed by atoms with E-state index < -0.39 is 15.4 Å². The second-order valence-electron chi connectivity index (χ2n) is 7.63. The molecule has 1 aliphatic rings. The SMILES string of the molecule is CS(=O)(=O)NCCc1ccccc1-c1ccccc1C1(C(N)=O)CCCCC1. The molecule has 2 aromatic rings. The van der Waals surface area contributed by atoms with E-state index in [9.17, 15) is 13.2 Å². The lowest BCUT2D eigenvalue weighted by Crippen LogP contribution is -2.43. The van der Waals surface area contributed by atoms with E-state index >= 15 is 0 Å². The van der Waals surface area contributed by atoms with E-state index in [0.717, 1.165) is 60.6 Å². The molecule has 1 saturated carbocycles. The Morgan fingerprint density at radius 3 is 2.25 bits per heavy atom. The van der Waals surface area contributed by atoms with E-state index in [0.29, 0.717) is 13.0 Å². The Balaban J connectivity index is 2.03. The molecule has 1 amide bonds. The molecule has 3 rings (SSSR count). The van der Waals surface area contributed by atoms with Crippen LogP contribution in [0.2, 0.25) is 0 Å². The number of rotatable bonds is 7. The van der Waals surface area contributed by atoms with Gasteiger partial charge in [0.15, 0.2) is 0 Å². The van der Waals surface area contributed by atoms with E-state index in [1.165, 1.54) is 0 Å². The smallest absolute Gasteiger partial charge is 0.228 e. The third-order valence-corrected chi connectivity index (χ3v) is 6.42. The standard InChI is InChI=1S/C22H28N2O3S/c1-28(26,27)24-16-13-17-9-3-4-10-18(17)19-11-5-6-12-20(19)22(21(23)25)14-7-2-8-15-22/h3-6,9-12,24H,2,7-8,13-16H2,1H3,(H2,23,25). The number of carbonyl (C=O) groups is 1. The van der Waals surface area contributed by atoms with Crippen LogP contribution in [0, 0.1) is 0 Å². The summed E-state index contributed by atoms with van der Waals surface area (Å²) in [5, 5.41) is 0. The average molecular weight is 401 g/mol. The summed E-state index contributed by atoms with van der Waals surface area (Å²) in [6, 6.07) is 16.0. The monoisotopic (exact) mass is 400 g/mol. The summed E-state index contributed by atoms with van der Waals surface area (Å²) >= 11 is 0. The number of hydrogen-bond acceptors (Lipinski definition) is 3. The summed E-state index contributed by atoms with van der Waals surface area (Å²) in [6.07, 6.45) is 6.41. The summed E-state index contributed by atoms with van der Waals surface area (Å²) in [6.45, 7) is 0.332. The Bertz CT molecular complexity index is 948. The lowest BCUT2D eigenvalue weighted by molar-refractivity contribution is -0.124. The van der Waals surface area contributed by atoms with Crippen molar-refractivity contribution in [3.8, 4) is 11.1 Å². The van der Waals surface area contributed by atoms with Gasteiger partial charge in [-0.2, -0.15) is 0 Å². The molecule has 0 saturated heterocycles. The highest BCUT2D eigenvalue weighted by atomic mass is 32.2. The number of amides is 1. The number of nitrogens with one attached hydrogen (secondary N) is 1. The van der Waals surface area contributed by atoms with Crippen molar-refractivity contribution in [2.45, 2.75) is 43.9 Å². The third kappa shape index (κ3) is 4.45. The van der Waals surface area contributed by atoms with Crippen LogP contribution >= 0.6 is 0 Å². The van der Waals surface area contributed by atoms with Gasteiger partial charge in [-0.05, 0) is 41.5 Å². The zero-order chi connectivity index (χ0) is 20.2. The highest BCUT2D eigenvalue weighted by Crippen LogP contribution is 2.44. The number of sulfonamides is 1. The van der Waals surface area contributed by atoms with Gasteiger partial charge in [0, 0.05) is 6.54 Å². The molecule has 28 heavy (non-hydrogen) atoms. The first-order chi connectivity index (χ1) is 13.3. The molecule has 0 aromatic heterocycles. The molecule has 3 N–H and O–H groups in total. The molecular weight excluding hydrogens is 372 g/mol. The van der Waals surface area contributed by atoms with E-state index in [4.69, 9.17) is 5.73 Å². The first kappa shape index (κ1) is 20.6. The van der Waals surface area contributed by atoms with Gasteiger partial charge in [-0.1, -0.05) is 67.8 Å². The van der Waals surface area contributed by atoms with E-state index in [2.05, 4.69) is 4.72 Å². The van der Waals surface area contributed by atoms with Crippen LogP contribution in [0.4, 0.5) is 0 Å². The molecule has 5 nitrogen and oxygen atoms in total. The second-order valence-corrected chi connectivity index (χ2v) is 9.46. The van der Waals surface area contributed by atoms with Gasteiger partial charge in [-0.15, -0.1) is 0 Å². The molecule has 0 radical (unpaired) electrons. The van der Waals surface area contributed by atoms with Crippen molar-refractivity contribution in [1.29, 1.82) is 0 Å². The van der Waals surface area contributed by atoms with Crippen LogP contribution in [0.15, 0.2) is 48.5 Å². The molecule has 1 fully saturated rings. The number of primary amides is 1. The van der Waals surface area contributed by atoms with Crippen LogP contribution in [0.25, 0.3) is 11.1 Å². The molecular formula is C22H28N2O3S. The summed E-state index contributed by atoms with van der Waals surface area (Å²) in [5.74, 6) is -0.254. The minimum Gasteiger partial charge on any atom is -0.369 e. The van der Waals surface area contributed by atoms with Gasteiger partial charge in [-0.25, -0.2) is 13.1 Å². The van der Waals surface area contributed by atoms with Crippen molar-refractivity contribution < 1.29 is 13.2 Å². The first-order valence-corrected chi connectivity index (χ1v) is 11.6. The molecule has 0 unspecified atom stereocenters. The summed E-state index contributed by atoms with van der Waals surface area (Å²) < 4.78 is 25.3. The fourth-order valence-electron chi connectivity index (χ4n) is 4.31. The average Bonchev–Trinajstić information content (AvgIpc) is 2.68. The molecule has 0 aliphatic heterocycles. The Kier molecular flexibility index (Phi) is 6.20. The van der Waals surface area contributed by atoms with Crippen molar-refractivity contribution in [3.63, 3.8) is 0 Å². The van der Waals surface area contributed by atoms with E-state index in [1.807, 2.05) is 48.5 Å². The van der Waals surface area contributed by atoms with Crippen molar-refractivity contribution in [3.05, 3.63) is 59.7 Å². The molecule has 1 aliphatic carbocycles. The maximum absolute atomic E-state index is 12.6. The highest BCUT2D eigenvalue weighted by molar-refractivity contribution is 7.88. The van der Waals surface area contributed by atoms with Gasteiger partial charge in [0.2, 0.25) is 15.9 Å². The molecule has 2 aromatic carbocycles. The van der Waals surface area contributed by atoms with Crippen molar-refractivity contribution in [1.82, 2.24) is 4.72 Å². The summed E-state index contributed by atoms with van der Waals surface area (Å²) in [7, 11) is -3.23. The third-order valence-electron chi connectivity index (χ3n) is 5.69. The Hall–Kier alpha value is -2.18. The zero-order valence-electron chi connectivity index (χ0n) is 16.3. The lowest BCUT2D eigenvalue weighted by Gasteiger charge is -2.36. The lowest BCUT2D eigenvalue weighted by atomic mass is 9.67. The molecule has 0 spiro atoms. The quantitative estimate of drug-likeness (QED) is 0.748. The molecule has 0 bridgehead atoms. The van der Waals surface area contributed by atoms with Crippen LogP contribution in [0.1, 0.15) is 43.2 Å². The van der Waals surface area contributed by atoms with Crippen molar-refractivity contribution in [2.24, 2.45) is 5.73 Å². The zero-order valence-corrected chi connectivity index (χ0v) is 17.1. The fourth-order valence-corrected chi connectivity index (χ4v) is 4.78. The minimum atomic E-state index is -3.23. The van der Waals surface area contributed by atoms with Gasteiger partial charge in [0.05, 0.1) is 11.7 Å². The fraction of sp³-hybridized carbons (Fsp3) is 0.409. The van der Waals surface area contributed by atoms with E-state index in [1.54, 1.807) is 0 Å². The topological polar surface area (TPSA) is 89.3 Å². The van der Waals surface area contributed by atoms with Crippen LogP contribution in [-0.2, 0) is 26.7 Å². The van der Waals surface area contributed by atoms with Crippen LogP contribution < -0.4 is 10.5 Å². The maximum Gasteiger partial charge on any atom is 0.228 e. The number of nitrogens with two attached hydrogens (primary N) is 1. The molecule has 6 heteroatoms. The number of carbonyl (C=O) groups excluding carboxylic acids is 1. The normalized spacial score (nSPS) is 16.6. The second kappa shape index (κ2) is 8.45. The van der Waals surface area contributed by atoms with Gasteiger partial charge in [-0.3, -0.25) is 4.79 Å². The largest absolute Gasteiger partial charge is 0.369 e. The van der Waals surface area contributed by atoms with Gasteiger partial charge >= 0.3 is 0 Å². The molecule has 0 heterocycles.